The highest BCUT2D eigenvalue weighted by molar-refractivity contribution is 7.08. The molecular formula is C22H19N3O5S. The average Bonchev–Trinajstić information content (AvgIpc) is 3.29. The number of ether oxygens (including phenoxy) is 1. The van der Waals surface area contributed by atoms with Crippen LogP contribution in [0, 0.1) is 0 Å². The molecule has 1 aromatic carbocycles. The van der Waals surface area contributed by atoms with Gasteiger partial charge in [0.25, 0.3) is 0 Å². The second-order valence-corrected chi connectivity index (χ2v) is 7.63. The van der Waals surface area contributed by atoms with Crippen molar-refractivity contribution in [3.8, 4) is 11.5 Å². The van der Waals surface area contributed by atoms with Crippen molar-refractivity contribution in [3.63, 3.8) is 0 Å². The number of rotatable bonds is 6. The Kier molecular flexibility index (Phi) is 5.68. The zero-order valence-corrected chi connectivity index (χ0v) is 17.3. The lowest BCUT2D eigenvalue weighted by Crippen LogP contribution is -2.40. The highest BCUT2D eigenvalue weighted by Gasteiger charge is 2.37. The van der Waals surface area contributed by atoms with E-state index in [1.165, 1.54) is 17.4 Å². The number of carbonyl (C=O) groups excluding carboxylic acids is 1. The van der Waals surface area contributed by atoms with Gasteiger partial charge in [-0.2, -0.15) is 16.3 Å². The van der Waals surface area contributed by atoms with Gasteiger partial charge in [0, 0.05) is 18.0 Å². The molecule has 0 radical (unpaired) electrons. The van der Waals surface area contributed by atoms with Gasteiger partial charge in [-0.3, -0.25) is 4.98 Å². The van der Waals surface area contributed by atoms with Gasteiger partial charge in [-0.1, -0.05) is 6.07 Å². The Labute approximate surface area is 181 Å². The van der Waals surface area contributed by atoms with Crippen LogP contribution in [0.25, 0.3) is 0 Å². The average molecular weight is 437 g/mol. The quantitative estimate of drug-likeness (QED) is 0.536. The molecule has 0 bridgehead atoms. The molecule has 2 aromatic heterocycles. The van der Waals surface area contributed by atoms with E-state index in [0.717, 1.165) is 5.56 Å². The maximum atomic E-state index is 12.5. The van der Waals surface area contributed by atoms with Crippen LogP contribution in [-0.2, 0) is 0 Å². The number of aliphatic imine (C=N–C) groups is 1. The predicted molar refractivity (Wildman–Crippen MR) is 115 cm³/mol. The summed E-state index contributed by atoms with van der Waals surface area (Å²) < 4.78 is 5.46. The zero-order chi connectivity index (χ0) is 22.0. The Balaban J connectivity index is 1.90. The minimum Gasteiger partial charge on any atom is -0.504 e. The fourth-order valence-corrected chi connectivity index (χ4v) is 4.36. The van der Waals surface area contributed by atoms with Crippen LogP contribution in [0.5, 0.6) is 11.5 Å². The molecule has 0 aliphatic carbocycles. The predicted octanol–water partition coefficient (Wildman–Crippen LogP) is 3.98. The van der Waals surface area contributed by atoms with Gasteiger partial charge in [0.2, 0.25) is 0 Å². The molecule has 2 amide bonds. The molecule has 2 atom stereocenters. The molecule has 0 saturated heterocycles. The molecule has 0 saturated carbocycles. The van der Waals surface area contributed by atoms with Crippen LogP contribution < -0.4 is 10.1 Å². The molecule has 4 rings (SSSR count). The molecule has 8 nitrogen and oxygen atoms in total. The number of carboxylic acid groups (broad SMARTS) is 1. The summed E-state index contributed by atoms with van der Waals surface area (Å²) in [7, 11) is 0. The van der Waals surface area contributed by atoms with Gasteiger partial charge in [0.1, 0.15) is 5.56 Å². The van der Waals surface area contributed by atoms with E-state index >= 15 is 0 Å². The highest BCUT2D eigenvalue weighted by Crippen LogP contribution is 2.41. The van der Waals surface area contributed by atoms with Gasteiger partial charge in [-0.25, -0.2) is 9.59 Å². The summed E-state index contributed by atoms with van der Waals surface area (Å²) in [4.78, 5) is 32.6. The molecular weight excluding hydrogens is 418 g/mol. The third-order valence-corrected chi connectivity index (χ3v) is 5.68. The molecule has 31 heavy (non-hydrogen) atoms. The Bertz CT molecular complexity index is 1150. The lowest BCUT2D eigenvalue weighted by molar-refractivity contribution is 0.0692. The SMILES string of the molecule is CCOc1cc([C@@H]2NC(=O)N=C(c3cccnc3)C2c2ccsc2)cc(C(=O)O)c1O. The van der Waals surface area contributed by atoms with Crippen LogP contribution in [0.1, 0.15) is 45.9 Å². The molecule has 3 aromatic rings. The fourth-order valence-electron chi connectivity index (χ4n) is 3.66. The number of benzene rings is 1. The Hall–Kier alpha value is -3.72. The van der Waals surface area contributed by atoms with Crippen molar-refractivity contribution in [1.82, 2.24) is 10.3 Å². The molecule has 1 aliphatic rings. The monoisotopic (exact) mass is 437 g/mol. The number of hydrogen-bond donors (Lipinski definition) is 3. The maximum Gasteiger partial charge on any atom is 0.341 e. The number of urea groups is 1. The fraction of sp³-hybridized carbons (Fsp3) is 0.182. The Morgan fingerprint density at radius 3 is 2.77 bits per heavy atom. The number of phenols is 1. The van der Waals surface area contributed by atoms with Gasteiger partial charge in [-0.05, 0) is 53.1 Å². The topological polar surface area (TPSA) is 121 Å². The normalized spacial score (nSPS) is 18.2. The molecule has 158 valence electrons. The van der Waals surface area contributed by atoms with Gasteiger partial charge >= 0.3 is 12.0 Å². The number of hydrogen-bond acceptors (Lipinski definition) is 6. The first kappa shape index (κ1) is 20.5. The second kappa shape index (κ2) is 8.57. The number of nitrogens with one attached hydrogen (secondary N) is 1. The molecule has 9 heteroatoms. The van der Waals surface area contributed by atoms with E-state index in [9.17, 15) is 19.8 Å². The summed E-state index contributed by atoms with van der Waals surface area (Å²) in [6.45, 7) is 1.97. The number of carbonyl (C=O) groups is 2. The van der Waals surface area contributed by atoms with E-state index in [-0.39, 0.29) is 17.9 Å². The lowest BCUT2D eigenvalue weighted by atomic mass is 9.81. The number of carboxylic acids is 1. The van der Waals surface area contributed by atoms with Crippen LogP contribution in [0.3, 0.4) is 0 Å². The van der Waals surface area contributed by atoms with E-state index in [0.29, 0.717) is 16.8 Å². The van der Waals surface area contributed by atoms with Crippen LogP contribution in [0.4, 0.5) is 4.79 Å². The Morgan fingerprint density at radius 1 is 1.29 bits per heavy atom. The summed E-state index contributed by atoms with van der Waals surface area (Å²) in [5.74, 6) is -2.10. The first-order valence-corrected chi connectivity index (χ1v) is 10.5. The van der Waals surface area contributed by atoms with Crippen LogP contribution in [0.15, 0.2) is 58.5 Å². The van der Waals surface area contributed by atoms with Crippen molar-refractivity contribution in [2.24, 2.45) is 4.99 Å². The van der Waals surface area contributed by atoms with E-state index in [1.807, 2.05) is 22.9 Å². The second-order valence-electron chi connectivity index (χ2n) is 6.85. The van der Waals surface area contributed by atoms with Gasteiger partial charge in [-0.15, -0.1) is 0 Å². The molecule has 1 aliphatic heterocycles. The number of thiophene rings is 1. The van der Waals surface area contributed by atoms with Crippen LogP contribution in [-0.4, -0.2) is 39.5 Å². The van der Waals surface area contributed by atoms with E-state index < -0.39 is 29.7 Å². The van der Waals surface area contributed by atoms with Gasteiger partial charge in [0.15, 0.2) is 11.5 Å². The standard InChI is InChI=1S/C22H19N3O5S/c1-2-30-16-9-14(8-15(20(16)26)21(27)28)19-17(13-5-7-31-11-13)18(24-22(29)25-19)12-4-3-6-23-10-12/h3-11,17,19,26H,2H2,1H3,(H,25,29)(H,27,28)/t17?,19-/m0/s1. The third-order valence-electron chi connectivity index (χ3n) is 4.98. The van der Waals surface area contributed by atoms with E-state index in [1.54, 1.807) is 31.5 Å². The van der Waals surface area contributed by atoms with Crippen LogP contribution >= 0.6 is 11.3 Å². The number of aromatic nitrogens is 1. The number of aromatic carboxylic acids is 1. The smallest absolute Gasteiger partial charge is 0.341 e. The van der Waals surface area contributed by atoms with E-state index in [4.69, 9.17) is 4.74 Å². The number of nitrogens with zero attached hydrogens (tertiary/aromatic N) is 2. The number of aromatic hydroxyl groups is 1. The number of pyridine rings is 1. The van der Waals surface area contributed by atoms with Crippen molar-refractivity contribution < 1.29 is 24.5 Å². The molecule has 0 fully saturated rings. The molecule has 3 N–H and O–H groups in total. The summed E-state index contributed by atoms with van der Waals surface area (Å²) in [5.41, 5.74) is 2.33. The minimum atomic E-state index is -1.30. The summed E-state index contributed by atoms with van der Waals surface area (Å²) >= 11 is 1.51. The highest BCUT2D eigenvalue weighted by atomic mass is 32.1. The number of amides is 2. The van der Waals surface area contributed by atoms with Crippen molar-refractivity contribution in [2.45, 2.75) is 18.9 Å². The third kappa shape index (κ3) is 3.99. The molecule has 0 spiro atoms. The van der Waals surface area contributed by atoms with Crippen molar-refractivity contribution in [3.05, 3.63) is 75.7 Å². The summed E-state index contributed by atoms with van der Waals surface area (Å²) in [6, 6.07) is 7.27. The largest absolute Gasteiger partial charge is 0.504 e. The first-order chi connectivity index (χ1) is 15.0. The van der Waals surface area contributed by atoms with Crippen molar-refractivity contribution >= 4 is 29.0 Å². The van der Waals surface area contributed by atoms with Crippen molar-refractivity contribution in [1.29, 1.82) is 0 Å². The maximum absolute atomic E-state index is 12.5. The van der Waals surface area contributed by atoms with Gasteiger partial charge in [0.05, 0.1) is 24.3 Å². The zero-order valence-electron chi connectivity index (χ0n) is 16.5. The van der Waals surface area contributed by atoms with Crippen LogP contribution in [0.2, 0.25) is 0 Å². The van der Waals surface area contributed by atoms with E-state index in [2.05, 4.69) is 15.3 Å². The summed E-state index contributed by atoms with van der Waals surface area (Å²) in [6.07, 6.45) is 3.27. The lowest BCUT2D eigenvalue weighted by Gasteiger charge is -2.32. The Morgan fingerprint density at radius 2 is 2.13 bits per heavy atom. The minimum absolute atomic E-state index is 0.0427. The molecule has 1 unspecified atom stereocenters. The summed E-state index contributed by atoms with van der Waals surface area (Å²) in [5, 5.41) is 26.6. The molecule has 3 heterocycles. The van der Waals surface area contributed by atoms with Gasteiger partial charge < -0.3 is 20.3 Å². The first-order valence-electron chi connectivity index (χ1n) is 9.54. The van der Waals surface area contributed by atoms with Crippen molar-refractivity contribution in [2.75, 3.05) is 6.61 Å².